The average molecular weight is 149 g/mol. The lowest BCUT2D eigenvalue weighted by Gasteiger charge is -2.20. The summed E-state index contributed by atoms with van der Waals surface area (Å²) in [5.41, 5.74) is 0. The number of hydrogen-bond acceptors (Lipinski definition) is 1. The Kier molecular flexibility index (Phi) is 1.82. The van der Waals surface area contributed by atoms with Crippen molar-refractivity contribution in [2.75, 3.05) is 7.05 Å². The first-order valence-electron chi connectivity index (χ1n) is 4.44. The Bertz CT molecular complexity index is 193. The molecular weight excluding hydrogens is 134 g/mol. The minimum Gasteiger partial charge on any atom is -0.316 e. The van der Waals surface area contributed by atoms with Crippen LogP contribution in [0.2, 0.25) is 0 Å². The fourth-order valence-electron chi connectivity index (χ4n) is 2.29. The lowest BCUT2D eigenvalue weighted by atomic mass is 9.90. The van der Waals surface area contributed by atoms with Crippen molar-refractivity contribution < 1.29 is 0 Å². The highest BCUT2D eigenvalue weighted by Gasteiger charge is 2.32. The van der Waals surface area contributed by atoms with Gasteiger partial charge in [-0.05, 0) is 31.7 Å². The van der Waals surface area contributed by atoms with Gasteiger partial charge in [-0.1, -0.05) is 24.3 Å². The van der Waals surface area contributed by atoms with Crippen molar-refractivity contribution in [2.45, 2.75) is 18.9 Å². The average Bonchev–Trinajstić information content (AvgIpc) is 2.47. The van der Waals surface area contributed by atoms with Crippen LogP contribution in [0, 0.1) is 11.8 Å². The number of allylic oxidation sites excluding steroid dienone is 3. The molecule has 1 nitrogen and oxygen atoms in total. The van der Waals surface area contributed by atoms with Gasteiger partial charge in [-0.3, -0.25) is 0 Å². The van der Waals surface area contributed by atoms with Crippen LogP contribution in [0.15, 0.2) is 24.3 Å². The minimum atomic E-state index is 0.723. The molecular formula is C10H15N. The first-order valence-corrected chi connectivity index (χ1v) is 4.44. The maximum absolute atomic E-state index is 3.38. The van der Waals surface area contributed by atoms with Crippen LogP contribution in [-0.4, -0.2) is 13.1 Å². The molecule has 1 N–H and O–H groups in total. The molecule has 2 aliphatic carbocycles. The molecule has 0 aromatic rings. The van der Waals surface area contributed by atoms with E-state index in [-0.39, 0.29) is 0 Å². The zero-order valence-electron chi connectivity index (χ0n) is 6.96. The molecule has 0 aromatic heterocycles. The molecule has 0 bridgehead atoms. The molecule has 0 aliphatic heterocycles. The van der Waals surface area contributed by atoms with Crippen molar-refractivity contribution in [1.29, 1.82) is 0 Å². The maximum Gasteiger partial charge on any atom is 0.0133 e. The molecule has 0 spiro atoms. The fourth-order valence-corrected chi connectivity index (χ4v) is 2.29. The van der Waals surface area contributed by atoms with Crippen LogP contribution in [0.1, 0.15) is 12.8 Å². The number of hydrogen-bond donors (Lipinski definition) is 1. The molecule has 2 aliphatic rings. The molecule has 1 fully saturated rings. The molecule has 0 heterocycles. The van der Waals surface area contributed by atoms with E-state index < -0.39 is 0 Å². The standard InChI is InChI=1S/C10H15N/c1-11-10-7-6-8-4-2-3-5-9(8)10/h2-5,8-11H,6-7H2,1H3. The maximum atomic E-state index is 3.38. The van der Waals surface area contributed by atoms with Crippen LogP contribution < -0.4 is 5.32 Å². The zero-order chi connectivity index (χ0) is 7.68. The Balaban J connectivity index is 2.13. The zero-order valence-corrected chi connectivity index (χ0v) is 6.96. The van der Waals surface area contributed by atoms with Crippen LogP contribution in [0.4, 0.5) is 0 Å². The molecule has 0 radical (unpaired) electrons. The molecule has 3 atom stereocenters. The summed E-state index contributed by atoms with van der Waals surface area (Å²) in [5, 5.41) is 3.38. The summed E-state index contributed by atoms with van der Waals surface area (Å²) < 4.78 is 0. The Labute approximate surface area is 68.2 Å². The van der Waals surface area contributed by atoms with Crippen LogP contribution in [0.3, 0.4) is 0 Å². The van der Waals surface area contributed by atoms with Gasteiger partial charge in [0.25, 0.3) is 0 Å². The van der Waals surface area contributed by atoms with Crippen molar-refractivity contribution in [1.82, 2.24) is 5.32 Å². The van der Waals surface area contributed by atoms with Crippen LogP contribution in [0.25, 0.3) is 0 Å². The second kappa shape index (κ2) is 2.82. The van der Waals surface area contributed by atoms with E-state index in [9.17, 15) is 0 Å². The monoisotopic (exact) mass is 149 g/mol. The largest absolute Gasteiger partial charge is 0.316 e. The second-order valence-corrected chi connectivity index (χ2v) is 3.48. The predicted molar refractivity (Wildman–Crippen MR) is 47.3 cm³/mol. The van der Waals surface area contributed by atoms with Gasteiger partial charge in [0.05, 0.1) is 0 Å². The Morgan fingerprint density at radius 2 is 2.00 bits per heavy atom. The van der Waals surface area contributed by atoms with E-state index in [1.54, 1.807) is 0 Å². The summed E-state index contributed by atoms with van der Waals surface area (Å²) in [4.78, 5) is 0. The summed E-state index contributed by atoms with van der Waals surface area (Å²) >= 11 is 0. The van der Waals surface area contributed by atoms with Gasteiger partial charge in [0.15, 0.2) is 0 Å². The van der Waals surface area contributed by atoms with Gasteiger partial charge in [-0.25, -0.2) is 0 Å². The first kappa shape index (κ1) is 7.11. The number of rotatable bonds is 1. The highest BCUT2D eigenvalue weighted by atomic mass is 14.9. The van der Waals surface area contributed by atoms with Gasteiger partial charge in [-0.2, -0.15) is 0 Å². The predicted octanol–water partition coefficient (Wildman–Crippen LogP) is 1.73. The molecule has 1 heteroatoms. The van der Waals surface area contributed by atoms with E-state index in [1.165, 1.54) is 12.8 Å². The Morgan fingerprint density at radius 1 is 1.18 bits per heavy atom. The number of fused-ring (bicyclic) bond motifs is 1. The molecule has 1 saturated carbocycles. The van der Waals surface area contributed by atoms with Crippen LogP contribution in [0.5, 0.6) is 0 Å². The topological polar surface area (TPSA) is 12.0 Å². The van der Waals surface area contributed by atoms with Crippen molar-refractivity contribution in [3.05, 3.63) is 24.3 Å². The summed E-state index contributed by atoms with van der Waals surface area (Å²) in [6.07, 6.45) is 11.7. The smallest absolute Gasteiger partial charge is 0.0133 e. The fraction of sp³-hybridized carbons (Fsp3) is 0.600. The van der Waals surface area contributed by atoms with E-state index in [2.05, 4.69) is 36.7 Å². The van der Waals surface area contributed by atoms with E-state index >= 15 is 0 Å². The molecule has 2 rings (SSSR count). The summed E-state index contributed by atoms with van der Waals surface area (Å²) in [6, 6.07) is 0.723. The molecule has 0 saturated heterocycles. The van der Waals surface area contributed by atoms with Gasteiger partial charge in [0.1, 0.15) is 0 Å². The first-order chi connectivity index (χ1) is 5.42. The normalized spacial score (nSPS) is 41.0. The lowest BCUT2D eigenvalue weighted by molar-refractivity contribution is 0.453. The highest BCUT2D eigenvalue weighted by Crippen LogP contribution is 2.35. The molecule has 0 aromatic carbocycles. The SMILES string of the molecule is CNC1CCC2C=CC=CC21. The van der Waals surface area contributed by atoms with Gasteiger partial charge >= 0.3 is 0 Å². The van der Waals surface area contributed by atoms with Crippen LogP contribution >= 0.6 is 0 Å². The van der Waals surface area contributed by atoms with Crippen molar-refractivity contribution in [2.24, 2.45) is 11.8 Å². The van der Waals surface area contributed by atoms with Gasteiger partial charge < -0.3 is 5.32 Å². The van der Waals surface area contributed by atoms with Crippen LogP contribution in [-0.2, 0) is 0 Å². The van der Waals surface area contributed by atoms with E-state index in [4.69, 9.17) is 0 Å². The van der Waals surface area contributed by atoms with Crippen molar-refractivity contribution in [3.63, 3.8) is 0 Å². The lowest BCUT2D eigenvalue weighted by Crippen LogP contribution is -2.30. The summed E-state index contributed by atoms with van der Waals surface area (Å²) in [6.45, 7) is 0. The molecule has 0 amide bonds. The highest BCUT2D eigenvalue weighted by molar-refractivity contribution is 5.18. The molecule has 3 unspecified atom stereocenters. The molecule has 11 heavy (non-hydrogen) atoms. The van der Waals surface area contributed by atoms with Crippen molar-refractivity contribution >= 4 is 0 Å². The third kappa shape index (κ3) is 1.14. The summed E-state index contributed by atoms with van der Waals surface area (Å²) in [5.74, 6) is 1.59. The quantitative estimate of drug-likeness (QED) is 0.598. The third-order valence-corrected chi connectivity index (χ3v) is 2.94. The van der Waals surface area contributed by atoms with E-state index in [0.717, 1.165) is 17.9 Å². The van der Waals surface area contributed by atoms with E-state index in [1.807, 2.05) is 0 Å². The summed E-state index contributed by atoms with van der Waals surface area (Å²) in [7, 11) is 2.07. The Morgan fingerprint density at radius 3 is 2.82 bits per heavy atom. The minimum absolute atomic E-state index is 0.723. The third-order valence-electron chi connectivity index (χ3n) is 2.94. The van der Waals surface area contributed by atoms with Gasteiger partial charge in [0, 0.05) is 6.04 Å². The van der Waals surface area contributed by atoms with Gasteiger partial charge in [0.2, 0.25) is 0 Å². The Hall–Kier alpha value is -0.560. The van der Waals surface area contributed by atoms with Crippen molar-refractivity contribution in [3.8, 4) is 0 Å². The second-order valence-electron chi connectivity index (χ2n) is 3.48. The van der Waals surface area contributed by atoms with E-state index in [0.29, 0.717) is 0 Å². The molecule has 60 valence electrons. The number of nitrogens with one attached hydrogen (secondary N) is 1. The van der Waals surface area contributed by atoms with Gasteiger partial charge in [-0.15, -0.1) is 0 Å².